The second kappa shape index (κ2) is 9.88. The molecule has 0 bridgehead atoms. The smallest absolute Gasteiger partial charge is 0.323 e. The first-order valence-electron chi connectivity index (χ1n) is 10.8. The number of likely N-dealkylation sites (N-methyl/N-ethyl adjacent to an activating group) is 1. The van der Waals surface area contributed by atoms with E-state index in [1.54, 1.807) is 0 Å². The lowest BCUT2D eigenvalue weighted by atomic mass is 10.1. The van der Waals surface area contributed by atoms with E-state index in [1.165, 1.54) is 0 Å². The lowest BCUT2D eigenvalue weighted by Crippen LogP contribution is -2.20. The fourth-order valence-corrected chi connectivity index (χ4v) is 3.52. The standard InChI is InChI=1S/C25H34N4O2/c1-17(2)16-31-22-13-18(3)24(19(4)14-22)27-25(30)26-21-7-8-23-20(15-21)9-10-29(23)12-11-28(5)6/h7-10,13-15,17H,11-12,16H2,1-6H3,(H2,26,27,30). The molecule has 3 rings (SSSR count). The second-order valence-corrected chi connectivity index (χ2v) is 8.80. The normalized spacial score (nSPS) is 11.4. The Morgan fingerprint density at radius 1 is 1.06 bits per heavy atom. The van der Waals surface area contributed by atoms with Gasteiger partial charge >= 0.3 is 6.03 Å². The van der Waals surface area contributed by atoms with E-state index in [1.807, 2.05) is 38.1 Å². The van der Waals surface area contributed by atoms with Gasteiger partial charge in [0.25, 0.3) is 0 Å². The van der Waals surface area contributed by atoms with Crippen molar-refractivity contribution in [3.05, 3.63) is 53.7 Å². The Balaban J connectivity index is 1.67. The number of fused-ring (bicyclic) bond motifs is 1. The average Bonchev–Trinajstić information content (AvgIpc) is 3.09. The van der Waals surface area contributed by atoms with E-state index in [9.17, 15) is 4.79 Å². The molecule has 166 valence electrons. The Kier molecular flexibility index (Phi) is 7.23. The maximum Gasteiger partial charge on any atom is 0.323 e. The largest absolute Gasteiger partial charge is 0.493 e. The van der Waals surface area contributed by atoms with Crippen LogP contribution in [0.1, 0.15) is 25.0 Å². The fraction of sp³-hybridized carbons (Fsp3) is 0.400. The SMILES string of the molecule is Cc1cc(OCC(C)C)cc(C)c1NC(=O)Nc1ccc2c(ccn2CCN(C)C)c1. The van der Waals surface area contributed by atoms with Crippen molar-refractivity contribution in [2.45, 2.75) is 34.2 Å². The monoisotopic (exact) mass is 422 g/mol. The van der Waals surface area contributed by atoms with Gasteiger partial charge in [0.15, 0.2) is 0 Å². The van der Waals surface area contributed by atoms with Gasteiger partial charge in [0.05, 0.1) is 6.61 Å². The second-order valence-electron chi connectivity index (χ2n) is 8.80. The predicted octanol–water partition coefficient (Wildman–Crippen LogP) is 5.50. The number of carbonyl (C=O) groups excluding carboxylic acids is 1. The summed E-state index contributed by atoms with van der Waals surface area (Å²) >= 11 is 0. The molecular weight excluding hydrogens is 388 g/mol. The van der Waals surface area contributed by atoms with Crippen molar-refractivity contribution in [1.82, 2.24) is 9.47 Å². The zero-order chi connectivity index (χ0) is 22.5. The molecule has 0 fully saturated rings. The van der Waals surface area contributed by atoms with Crippen molar-refractivity contribution in [2.75, 3.05) is 37.9 Å². The van der Waals surface area contributed by atoms with Crippen LogP contribution < -0.4 is 15.4 Å². The third kappa shape index (κ3) is 6.01. The molecule has 0 unspecified atom stereocenters. The Labute approximate surface area is 185 Å². The molecule has 2 N–H and O–H groups in total. The average molecular weight is 423 g/mol. The Morgan fingerprint density at radius 3 is 2.42 bits per heavy atom. The Hall–Kier alpha value is -2.99. The predicted molar refractivity (Wildman–Crippen MR) is 129 cm³/mol. The van der Waals surface area contributed by atoms with Crippen molar-refractivity contribution in [3.63, 3.8) is 0 Å². The maximum atomic E-state index is 12.6. The topological polar surface area (TPSA) is 58.5 Å². The van der Waals surface area contributed by atoms with E-state index in [0.717, 1.165) is 52.2 Å². The Morgan fingerprint density at radius 2 is 1.77 bits per heavy atom. The maximum absolute atomic E-state index is 12.6. The summed E-state index contributed by atoms with van der Waals surface area (Å²) in [6.45, 7) is 10.8. The van der Waals surface area contributed by atoms with E-state index < -0.39 is 0 Å². The van der Waals surface area contributed by atoms with Crippen LogP contribution in [0.5, 0.6) is 5.75 Å². The van der Waals surface area contributed by atoms with Gasteiger partial charge in [0.2, 0.25) is 0 Å². The number of urea groups is 1. The van der Waals surface area contributed by atoms with Gasteiger partial charge in [-0.3, -0.25) is 0 Å². The minimum absolute atomic E-state index is 0.256. The number of amides is 2. The minimum Gasteiger partial charge on any atom is -0.493 e. The summed E-state index contributed by atoms with van der Waals surface area (Å²) in [5, 5.41) is 7.05. The molecule has 0 aliphatic heterocycles. The van der Waals surface area contributed by atoms with E-state index in [-0.39, 0.29) is 6.03 Å². The summed E-state index contributed by atoms with van der Waals surface area (Å²) in [5.41, 5.74) is 4.69. The van der Waals surface area contributed by atoms with Gasteiger partial charge in [-0.15, -0.1) is 0 Å². The first-order chi connectivity index (χ1) is 14.7. The molecule has 0 saturated carbocycles. The number of anilines is 2. The number of aryl methyl sites for hydroxylation is 2. The van der Waals surface area contributed by atoms with Crippen molar-refractivity contribution in [1.29, 1.82) is 0 Å². The third-order valence-electron chi connectivity index (χ3n) is 5.15. The van der Waals surface area contributed by atoms with E-state index in [0.29, 0.717) is 12.5 Å². The van der Waals surface area contributed by atoms with Crippen LogP contribution in [-0.4, -0.2) is 42.7 Å². The number of hydrogen-bond acceptors (Lipinski definition) is 3. The Bertz CT molecular complexity index is 1030. The molecule has 31 heavy (non-hydrogen) atoms. The summed E-state index contributed by atoms with van der Waals surface area (Å²) in [7, 11) is 4.14. The molecule has 2 amide bonds. The van der Waals surface area contributed by atoms with Crippen LogP contribution in [0.3, 0.4) is 0 Å². The molecule has 6 heteroatoms. The lowest BCUT2D eigenvalue weighted by molar-refractivity contribution is 0.262. The first-order valence-corrected chi connectivity index (χ1v) is 10.8. The number of benzene rings is 2. The van der Waals surface area contributed by atoms with Crippen molar-refractivity contribution >= 4 is 28.3 Å². The number of rotatable bonds is 8. The molecule has 2 aromatic carbocycles. The molecule has 1 heterocycles. The number of nitrogens with one attached hydrogen (secondary N) is 2. The molecule has 0 radical (unpaired) electrons. The number of aromatic nitrogens is 1. The van der Waals surface area contributed by atoms with Gasteiger partial charge in [0.1, 0.15) is 5.75 Å². The van der Waals surface area contributed by atoms with Gasteiger partial charge in [-0.05, 0) is 81.4 Å². The molecule has 6 nitrogen and oxygen atoms in total. The fourth-order valence-electron chi connectivity index (χ4n) is 3.52. The minimum atomic E-state index is -0.256. The summed E-state index contributed by atoms with van der Waals surface area (Å²) in [5.74, 6) is 1.30. The molecule has 0 saturated heterocycles. The van der Waals surface area contributed by atoms with E-state index in [2.05, 4.69) is 66.4 Å². The quantitative estimate of drug-likeness (QED) is 0.504. The van der Waals surface area contributed by atoms with Crippen LogP contribution in [0.4, 0.5) is 16.2 Å². The third-order valence-corrected chi connectivity index (χ3v) is 5.15. The van der Waals surface area contributed by atoms with Crippen LogP contribution >= 0.6 is 0 Å². The molecule has 3 aromatic rings. The molecule has 0 aliphatic rings. The molecule has 0 aliphatic carbocycles. The van der Waals surface area contributed by atoms with Crippen LogP contribution in [0.2, 0.25) is 0 Å². The summed E-state index contributed by atoms with van der Waals surface area (Å²) in [6, 6.07) is 11.8. The summed E-state index contributed by atoms with van der Waals surface area (Å²) in [6.07, 6.45) is 2.09. The number of carbonyl (C=O) groups is 1. The van der Waals surface area contributed by atoms with E-state index >= 15 is 0 Å². The van der Waals surface area contributed by atoms with E-state index in [4.69, 9.17) is 4.74 Å². The highest BCUT2D eigenvalue weighted by molar-refractivity contribution is 6.02. The van der Waals surface area contributed by atoms with Crippen molar-refractivity contribution < 1.29 is 9.53 Å². The lowest BCUT2D eigenvalue weighted by Gasteiger charge is -2.16. The van der Waals surface area contributed by atoms with Crippen LogP contribution in [0.15, 0.2) is 42.6 Å². The number of hydrogen-bond donors (Lipinski definition) is 2. The number of nitrogens with zero attached hydrogens (tertiary/aromatic N) is 2. The highest BCUT2D eigenvalue weighted by Crippen LogP contribution is 2.27. The van der Waals surface area contributed by atoms with Gasteiger partial charge in [0, 0.05) is 41.6 Å². The van der Waals surface area contributed by atoms with Crippen LogP contribution in [0, 0.1) is 19.8 Å². The zero-order valence-corrected chi connectivity index (χ0v) is 19.5. The summed E-state index contributed by atoms with van der Waals surface area (Å²) < 4.78 is 8.06. The van der Waals surface area contributed by atoms with Crippen molar-refractivity contribution in [3.8, 4) is 5.75 Å². The highest BCUT2D eigenvalue weighted by Gasteiger charge is 2.11. The van der Waals surface area contributed by atoms with Crippen LogP contribution in [-0.2, 0) is 6.54 Å². The van der Waals surface area contributed by atoms with Gasteiger partial charge in [-0.25, -0.2) is 4.79 Å². The molecule has 0 spiro atoms. The number of ether oxygens (including phenoxy) is 1. The zero-order valence-electron chi connectivity index (χ0n) is 19.5. The molecule has 0 atom stereocenters. The first kappa shape index (κ1) is 22.7. The van der Waals surface area contributed by atoms with Gasteiger partial charge in [-0.2, -0.15) is 0 Å². The molecule has 1 aromatic heterocycles. The summed E-state index contributed by atoms with van der Waals surface area (Å²) in [4.78, 5) is 14.8. The van der Waals surface area contributed by atoms with Gasteiger partial charge in [-0.1, -0.05) is 13.8 Å². The van der Waals surface area contributed by atoms with Crippen molar-refractivity contribution in [2.24, 2.45) is 5.92 Å². The highest BCUT2D eigenvalue weighted by atomic mass is 16.5. The molecular formula is C25H34N4O2. The van der Waals surface area contributed by atoms with Crippen LogP contribution in [0.25, 0.3) is 10.9 Å². The van der Waals surface area contributed by atoms with Gasteiger partial charge < -0.3 is 24.8 Å².